The van der Waals surface area contributed by atoms with Crippen molar-refractivity contribution in [2.24, 2.45) is 11.7 Å². The number of imidazole rings is 1. The van der Waals surface area contributed by atoms with E-state index in [0.717, 1.165) is 12.8 Å². The maximum Gasteiger partial charge on any atom is 0.224 e. The van der Waals surface area contributed by atoms with E-state index in [-0.39, 0.29) is 45.7 Å². The van der Waals surface area contributed by atoms with Gasteiger partial charge in [-0.2, -0.15) is 4.98 Å². The lowest BCUT2D eigenvalue weighted by atomic mass is 9.85. The Balaban J connectivity index is 1.52. The van der Waals surface area contributed by atoms with Gasteiger partial charge in [0.25, 0.3) is 0 Å². The molecule has 2 aromatic heterocycles. The molecule has 0 unspecified atom stereocenters. The Kier molecular flexibility index (Phi) is 6.69. The summed E-state index contributed by atoms with van der Waals surface area (Å²) in [5.74, 6) is -0.257. The van der Waals surface area contributed by atoms with Crippen LogP contribution in [0.25, 0.3) is 11.2 Å². The summed E-state index contributed by atoms with van der Waals surface area (Å²) in [5.41, 5.74) is 6.70. The number of amides is 1. The van der Waals surface area contributed by atoms with Gasteiger partial charge in [-0.15, -0.1) is 0 Å². The van der Waals surface area contributed by atoms with Gasteiger partial charge < -0.3 is 21.5 Å². The molecule has 0 spiro atoms. The minimum atomic E-state index is -0.605. The lowest BCUT2D eigenvalue weighted by molar-refractivity contribution is -0.122. The predicted molar refractivity (Wildman–Crippen MR) is 132 cm³/mol. The largest absolute Gasteiger partial charge is 0.393 e. The Hall–Kier alpha value is -2.69. The van der Waals surface area contributed by atoms with Gasteiger partial charge in [0.15, 0.2) is 5.65 Å². The van der Waals surface area contributed by atoms with Crippen LogP contribution in [-0.2, 0) is 4.79 Å². The lowest BCUT2D eigenvalue weighted by Crippen LogP contribution is -2.29. The number of nitrogens with one attached hydrogen (secondary N) is 2. The SMILES string of the molecule is NC(=O)[C@H]1CC[C@H](n2c(Nc3c(F)cc(Cl)cc3Cl)nc3cnc(N[C@@H]4CC[C@@H](O)C4)nc32)CC1. The van der Waals surface area contributed by atoms with Crippen LogP contribution < -0.4 is 16.4 Å². The maximum absolute atomic E-state index is 14.7. The number of hydrogen-bond donors (Lipinski definition) is 4. The highest BCUT2D eigenvalue weighted by atomic mass is 35.5. The summed E-state index contributed by atoms with van der Waals surface area (Å²) in [5, 5.41) is 16.5. The molecule has 3 aromatic rings. The normalized spacial score (nSPS) is 24.6. The van der Waals surface area contributed by atoms with Gasteiger partial charge in [-0.25, -0.2) is 14.4 Å². The summed E-state index contributed by atoms with van der Waals surface area (Å²) in [6, 6.07) is 2.68. The number of fused-ring (bicyclic) bond motifs is 1. The van der Waals surface area contributed by atoms with E-state index in [4.69, 9.17) is 33.9 Å². The minimum Gasteiger partial charge on any atom is -0.393 e. The van der Waals surface area contributed by atoms with E-state index in [2.05, 4.69) is 20.6 Å². The van der Waals surface area contributed by atoms with Gasteiger partial charge >= 0.3 is 0 Å². The Morgan fingerprint density at radius 1 is 1.14 bits per heavy atom. The predicted octanol–water partition coefficient (Wildman–Crippen LogP) is 4.56. The summed E-state index contributed by atoms with van der Waals surface area (Å²) in [6.45, 7) is 0. The number of carbonyl (C=O) groups is 1. The van der Waals surface area contributed by atoms with Crippen molar-refractivity contribution >= 4 is 57.9 Å². The molecular formula is C23H26Cl2FN7O2. The first-order valence-electron chi connectivity index (χ1n) is 11.7. The van der Waals surface area contributed by atoms with E-state index in [0.29, 0.717) is 55.2 Å². The van der Waals surface area contributed by atoms with Crippen molar-refractivity contribution in [1.82, 2.24) is 19.5 Å². The van der Waals surface area contributed by atoms with Crippen LogP contribution in [0.1, 0.15) is 51.0 Å². The highest BCUT2D eigenvalue weighted by molar-refractivity contribution is 6.36. The summed E-state index contributed by atoms with van der Waals surface area (Å²) >= 11 is 12.2. The zero-order valence-corrected chi connectivity index (χ0v) is 20.4. The van der Waals surface area contributed by atoms with Crippen LogP contribution in [0.5, 0.6) is 0 Å². The fourth-order valence-corrected chi connectivity index (χ4v) is 5.57. The van der Waals surface area contributed by atoms with E-state index < -0.39 is 5.82 Å². The molecule has 35 heavy (non-hydrogen) atoms. The molecule has 9 nitrogen and oxygen atoms in total. The number of aliphatic hydroxyl groups excluding tert-OH is 1. The molecule has 2 aliphatic carbocycles. The van der Waals surface area contributed by atoms with Crippen LogP contribution in [0.15, 0.2) is 18.3 Å². The Labute approximate surface area is 211 Å². The molecule has 0 saturated heterocycles. The topological polar surface area (TPSA) is 131 Å². The van der Waals surface area contributed by atoms with Gasteiger partial charge in [0.1, 0.15) is 11.3 Å². The molecule has 5 N–H and O–H groups in total. The smallest absolute Gasteiger partial charge is 0.224 e. The number of hydrogen-bond acceptors (Lipinski definition) is 7. The van der Waals surface area contributed by atoms with Crippen molar-refractivity contribution in [2.75, 3.05) is 10.6 Å². The number of benzene rings is 1. The van der Waals surface area contributed by atoms with Gasteiger partial charge in [0, 0.05) is 23.0 Å². The second kappa shape index (κ2) is 9.75. The third-order valence-electron chi connectivity index (χ3n) is 6.88. The number of nitrogens with two attached hydrogens (primary N) is 1. The summed E-state index contributed by atoms with van der Waals surface area (Å²) in [6.07, 6.45) is 6.17. The van der Waals surface area contributed by atoms with Crippen molar-refractivity contribution in [2.45, 2.75) is 63.1 Å². The molecule has 0 radical (unpaired) electrons. The quantitative estimate of drug-likeness (QED) is 0.373. The molecule has 2 saturated carbocycles. The molecule has 0 bridgehead atoms. The lowest BCUT2D eigenvalue weighted by Gasteiger charge is -2.29. The number of primary amides is 1. The zero-order chi connectivity index (χ0) is 24.7. The molecule has 2 fully saturated rings. The van der Waals surface area contributed by atoms with Crippen molar-refractivity contribution in [3.8, 4) is 0 Å². The van der Waals surface area contributed by atoms with Crippen molar-refractivity contribution in [3.05, 3.63) is 34.2 Å². The van der Waals surface area contributed by atoms with Crippen LogP contribution in [0.3, 0.4) is 0 Å². The summed E-state index contributed by atoms with van der Waals surface area (Å²) < 4.78 is 16.6. The van der Waals surface area contributed by atoms with E-state index in [1.54, 1.807) is 6.20 Å². The summed E-state index contributed by atoms with van der Waals surface area (Å²) in [4.78, 5) is 25.4. The van der Waals surface area contributed by atoms with Gasteiger partial charge in [0.2, 0.25) is 17.8 Å². The van der Waals surface area contributed by atoms with Crippen LogP contribution in [0.2, 0.25) is 10.0 Å². The maximum atomic E-state index is 14.7. The third-order valence-corrected chi connectivity index (χ3v) is 7.40. The van der Waals surface area contributed by atoms with Crippen LogP contribution in [0.4, 0.5) is 22.0 Å². The molecule has 186 valence electrons. The Bertz CT molecular complexity index is 1240. The second-order valence-electron chi connectivity index (χ2n) is 9.29. The molecular weight excluding hydrogens is 496 g/mol. The van der Waals surface area contributed by atoms with E-state index in [9.17, 15) is 14.3 Å². The van der Waals surface area contributed by atoms with Crippen molar-refractivity contribution < 1.29 is 14.3 Å². The average molecular weight is 522 g/mol. The zero-order valence-electron chi connectivity index (χ0n) is 18.8. The average Bonchev–Trinajstić information content (AvgIpc) is 3.38. The van der Waals surface area contributed by atoms with Gasteiger partial charge in [-0.1, -0.05) is 23.2 Å². The molecule has 0 aliphatic heterocycles. The van der Waals surface area contributed by atoms with Crippen molar-refractivity contribution in [1.29, 1.82) is 0 Å². The van der Waals surface area contributed by atoms with E-state index in [1.165, 1.54) is 12.1 Å². The molecule has 12 heteroatoms. The number of aromatic nitrogens is 4. The van der Waals surface area contributed by atoms with Crippen LogP contribution >= 0.6 is 23.2 Å². The van der Waals surface area contributed by atoms with Gasteiger partial charge in [0.05, 0.1) is 23.0 Å². The molecule has 1 aromatic carbocycles. The Morgan fingerprint density at radius 3 is 2.57 bits per heavy atom. The fraction of sp³-hybridized carbons (Fsp3) is 0.478. The molecule has 1 amide bonds. The number of rotatable bonds is 6. The third kappa shape index (κ3) is 5.00. The van der Waals surface area contributed by atoms with E-state index in [1.807, 2.05) is 4.57 Å². The number of carbonyl (C=O) groups excluding carboxylic acids is 1. The number of anilines is 3. The minimum absolute atomic E-state index is 0.0386. The fourth-order valence-electron chi connectivity index (χ4n) is 5.06. The monoisotopic (exact) mass is 521 g/mol. The van der Waals surface area contributed by atoms with Crippen LogP contribution in [-0.4, -0.2) is 42.7 Å². The molecule has 2 aliphatic rings. The highest BCUT2D eigenvalue weighted by Crippen LogP contribution is 2.38. The van der Waals surface area contributed by atoms with Gasteiger partial charge in [-0.3, -0.25) is 9.36 Å². The first kappa shape index (κ1) is 24.0. The standard InChI is InChI=1S/C23H26Cl2FN7O2/c24-12-7-16(25)19(17(26)8-12)31-23-30-18-10-28-22(29-13-3-6-15(34)9-13)32-21(18)33(23)14-4-1-11(2-5-14)20(27)35/h7-8,10-11,13-15,34H,1-6,9H2,(H2,27,35)(H,30,31)(H,28,29,32)/t11-,13-,14-,15-/m1/s1. The molecule has 2 heterocycles. The number of aliphatic hydroxyl groups is 1. The first-order valence-corrected chi connectivity index (χ1v) is 12.4. The first-order chi connectivity index (χ1) is 16.8. The number of nitrogens with zero attached hydrogens (tertiary/aromatic N) is 4. The Morgan fingerprint density at radius 2 is 1.91 bits per heavy atom. The van der Waals surface area contributed by atoms with Crippen LogP contribution in [0, 0.1) is 11.7 Å². The molecule has 5 rings (SSSR count). The van der Waals surface area contributed by atoms with Crippen molar-refractivity contribution in [3.63, 3.8) is 0 Å². The summed E-state index contributed by atoms with van der Waals surface area (Å²) in [7, 11) is 0. The molecule has 2 atom stereocenters. The van der Waals surface area contributed by atoms with E-state index >= 15 is 0 Å². The second-order valence-corrected chi connectivity index (χ2v) is 10.1. The van der Waals surface area contributed by atoms with Gasteiger partial charge in [-0.05, 0) is 57.1 Å². The highest BCUT2D eigenvalue weighted by Gasteiger charge is 2.30. The number of halogens is 3.